The number of hydrogen-bond acceptors (Lipinski definition) is 13. The van der Waals surface area contributed by atoms with Crippen molar-refractivity contribution < 1.29 is 64.6 Å². The fraction of sp³-hybridized carbons (Fsp3) is 0.780. The predicted octanol–water partition coefficient (Wildman–Crippen LogP) is 9.16. The van der Waals surface area contributed by atoms with Crippen LogP contribution in [-0.2, 0) is 23.7 Å². The number of amides is 1. The summed E-state index contributed by atoms with van der Waals surface area (Å²) in [5.74, 6) is -0.272. The Morgan fingerprint density at radius 2 is 0.945 bits per heavy atom. The molecule has 12 unspecified atom stereocenters. The van der Waals surface area contributed by atoms with Crippen LogP contribution in [0.5, 0.6) is 0 Å². The van der Waals surface area contributed by atoms with Crippen LogP contribution in [0.15, 0.2) is 72.9 Å². The molecule has 14 heteroatoms. The van der Waals surface area contributed by atoms with Crippen molar-refractivity contribution in [3.05, 3.63) is 72.9 Å². The van der Waals surface area contributed by atoms with Crippen LogP contribution in [-0.4, -0.2) is 140 Å². The summed E-state index contributed by atoms with van der Waals surface area (Å²) in [6, 6.07) is -0.936. The lowest BCUT2D eigenvalue weighted by molar-refractivity contribution is -0.359. The second-order valence-electron chi connectivity index (χ2n) is 20.0. The zero-order valence-electron chi connectivity index (χ0n) is 45.1. The van der Waals surface area contributed by atoms with Gasteiger partial charge in [0.15, 0.2) is 12.6 Å². The van der Waals surface area contributed by atoms with E-state index in [1.54, 1.807) is 6.08 Å². The minimum Gasteiger partial charge on any atom is -0.394 e. The molecular formula is C59H103NO13. The molecule has 2 rings (SSSR count). The van der Waals surface area contributed by atoms with Gasteiger partial charge in [0.25, 0.3) is 0 Å². The molecule has 0 spiro atoms. The lowest BCUT2D eigenvalue weighted by Crippen LogP contribution is -2.65. The Hall–Kier alpha value is -2.57. The summed E-state index contributed by atoms with van der Waals surface area (Å²) in [6.45, 7) is 2.66. The molecule has 2 aliphatic heterocycles. The molecule has 73 heavy (non-hydrogen) atoms. The maximum absolute atomic E-state index is 13.2. The number of allylic oxidation sites excluding steroid dienone is 11. The van der Waals surface area contributed by atoms with E-state index in [4.69, 9.17) is 18.9 Å². The molecule has 0 aliphatic carbocycles. The summed E-state index contributed by atoms with van der Waals surface area (Å²) in [5.41, 5.74) is 0. The third kappa shape index (κ3) is 30.7. The van der Waals surface area contributed by atoms with Crippen LogP contribution in [0, 0.1) is 0 Å². The number of aliphatic hydroxyl groups excluding tert-OH is 8. The minimum absolute atomic E-state index is 0.239. The second kappa shape index (κ2) is 44.5. The van der Waals surface area contributed by atoms with E-state index in [1.807, 2.05) is 6.08 Å². The molecule has 2 saturated heterocycles. The van der Waals surface area contributed by atoms with Gasteiger partial charge in [-0.2, -0.15) is 0 Å². The number of carbonyl (C=O) groups excluding carboxylic acids is 1. The fourth-order valence-electron chi connectivity index (χ4n) is 9.02. The van der Waals surface area contributed by atoms with Crippen molar-refractivity contribution in [1.82, 2.24) is 5.32 Å². The highest BCUT2D eigenvalue weighted by atomic mass is 16.7. The Morgan fingerprint density at radius 3 is 1.45 bits per heavy atom. The first-order chi connectivity index (χ1) is 35.6. The number of aliphatic hydroxyl groups is 8. The molecule has 9 N–H and O–H groups in total. The van der Waals surface area contributed by atoms with E-state index in [2.05, 4.69) is 79.9 Å². The summed E-state index contributed by atoms with van der Waals surface area (Å²) < 4.78 is 22.7. The van der Waals surface area contributed by atoms with Crippen molar-refractivity contribution in [2.24, 2.45) is 0 Å². The topological polar surface area (TPSA) is 228 Å². The molecule has 0 aromatic carbocycles. The molecule has 2 aliphatic rings. The van der Waals surface area contributed by atoms with Gasteiger partial charge >= 0.3 is 0 Å². The molecule has 0 aromatic rings. The van der Waals surface area contributed by atoms with E-state index in [-0.39, 0.29) is 18.9 Å². The number of ether oxygens (including phenoxy) is 4. The van der Waals surface area contributed by atoms with Crippen molar-refractivity contribution in [2.75, 3.05) is 19.8 Å². The van der Waals surface area contributed by atoms with Crippen LogP contribution >= 0.6 is 0 Å². The van der Waals surface area contributed by atoms with E-state index in [0.717, 1.165) is 70.6 Å². The van der Waals surface area contributed by atoms with E-state index >= 15 is 0 Å². The number of hydrogen-bond donors (Lipinski definition) is 9. The van der Waals surface area contributed by atoms with Gasteiger partial charge in [0.1, 0.15) is 48.8 Å². The molecule has 2 heterocycles. The van der Waals surface area contributed by atoms with Gasteiger partial charge in [-0.15, -0.1) is 0 Å². The first-order valence-electron chi connectivity index (χ1n) is 28.7. The molecule has 1 amide bonds. The number of carbonyl (C=O) groups is 1. The van der Waals surface area contributed by atoms with Crippen LogP contribution in [0.25, 0.3) is 0 Å². The molecule has 2 fully saturated rings. The minimum atomic E-state index is -1.79. The van der Waals surface area contributed by atoms with E-state index in [0.29, 0.717) is 6.42 Å². The van der Waals surface area contributed by atoms with Crippen molar-refractivity contribution in [3.8, 4) is 0 Å². The van der Waals surface area contributed by atoms with Gasteiger partial charge in [-0.3, -0.25) is 4.79 Å². The third-order valence-corrected chi connectivity index (χ3v) is 13.6. The van der Waals surface area contributed by atoms with Gasteiger partial charge in [0, 0.05) is 6.42 Å². The monoisotopic (exact) mass is 1030 g/mol. The third-order valence-electron chi connectivity index (χ3n) is 13.6. The van der Waals surface area contributed by atoms with Crippen molar-refractivity contribution in [2.45, 2.75) is 274 Å². The molecule has 0 bridgehead atoms. The lowest BCUT2D eigenvalue weighted by Gasteiger charge is -2.46. The van der Waals surface area contributed by atoms with Crippen LogP contribution in [0.3, 0.4) is 0 Å². The van der Waals surface area contributed by atoms with Gasteiger partial charge in [-0.05, 0) is 64.2 Å². The summed E-state index contributed by atoms with van der Waals surface area (Å²) in [5, 5.41) is 87.0. The van der Waals surface area contributed by atoms with Gasteiger partial charge in [0.2, 0.25) is 5.91 Å². The van der Waals surface area contributed by atoms with E-state index in [9.17, 15) is 45.6 Å². The first-order valence-corrected chi connectivity index (χ1v) is 28.7. The molecule has 12 atom stereocenters. The Morgan fingerprint density at radius 1 is 0.507 bits per heavy atom. The molecule has 0 saturated carbocycles. The smallest absolute Gasteiger partial charge is 0.220 e. The summed E-state index contributed by atoms with van der Waals surface area (Å²) >= 11 is 0. The van der Waals surface area contributed by atoms with Crippen LogP contribution in [0.1, 0.15) is 200 Å². The Balaban J connectivity index is 1.82. The Labute approximate surface area is 440 Å². The van der Waals surface area contributed by atoms with Crippen LogP contribution in [0.4, 0.5) is 0 Å². The van der Waals surface area contributed by atoms with Crippen molar-refractivity contribution >= 4 is 5.91 Å². The largest absolute Gasteiger partial charge is 0.394 e. The van der Waals surface area contributed by atoms with Gasteiger partial charge < -0.3 is 65.1 Å². The van der Waals surface area contributed by atoms with Gasteiger partial charge in [0.05, 0.1) is 32.0 Å². The van der Waals surface area contributed by atoms with Crippen LogP contribution in [0.2, 0.25) is 0 Å². The predicted molar refractivity (Wildman–Crippen MR) is 290 cm³/mol. The standard InChI is InChI=1S/C59H103NO13/c1-3-5-7-9-11-13-15-17-19-21-23-25-26-28-30-32-34-36-38-40-42-48(63)47(60-51(64)43-41-39-37-35-33-31-29-27-24-22-20-18-16-14-12-10-8-6-4-2)46-70-58-56(69)54(67)57(50(45-62)72-58)73-59-55(68)53(66)52(65)49(44-61)71-59/h6,8,12,14,18,20,24,27,31,33,40,42,47-50,52-59,61-63,65-69H,3-5,7,9-11,13,15-17,19,21-23,25-26,28-30,32,34-39,41,43-46H2,1-2H3,(H,60,64)/b8-6-,14-12-,20-18-,27-24-,33-31-,42-40+. The van der Waals surface area contributed by atoms with Gasteiger partial charge in [-0.25, -0.2) is 0 Å². The highest BCUT2D eigenvalue weighted by Gasteiger charge is 2.51. The second-order valence-corrected chi connectivity index (χ2v) is 20.0. The first kappa shape index (κ1) is 66.5. The zero-order valence-corrected chi connectivity index (χ0v) is 45.1. The Bertz CT molecular complexity index is 1500. The summed E-state index contributed by atoms with van der Waals surface area (Å²) in [4.78, 5) is 13.2. The molecule has 14 nitrogen and oxygen atoms in total. The number of rotatable bonds is 44. The fourth-order valence-corrected chi connectivity index (χ4v) is 9.02. The van der Waals surface area contributed by atoms with Crippen LogP contribution < -0.4 is 5.32 Å². The maximum Gasteiger partial charge on any atom is 0.220 e. The average molecular weight is 1030 g/mol. The molecule has 422 valence electrons. The summed E-state index contributed by atoms with van der Waals surface area (Å²) in [6.07, 6.45) is 40.7. The SMILES string of the molecule is CC/C=C\C/C=C\C/C=C\C/C=C\C/C=C\CCCCCC(=O)NC(COC1OC(CO)C(OC2OC(CO)C(O)C(O)C2O)C(O)C1O)C(O)/C=C/CCCCCCCCCCCCCCCCCCCC. The number of nitrogens with one attached hydrogen (secondary N) is 1. The normalized spacial score (nSPS) is 25.9. The van der Waals surface area contributed by atoms with E-state index in [1.165, 1.54) is 103 Å². The van der Waals surface area contributed by atoms with Crippen molar-refractivity contribution in [3.63, 3.8) is 0 Å². The number of unbranched alkanes of at least 4 members (excludes halogenated alkanes) is 21. The summed E-state index contributed by atoms with van der Waals surface area (Å²) in [7, 11) is 0. The lowest BCUT2D eigenvalue weighted by atomic mass is 9.97. The zero-order chi connectivity index (χ0) is 53.2. The van der Waals surface area contributed by atoms with Gasteiger partial charge in [-0.1, -0.05) is 202 Å². The maximum atomic E-state index is 13.2. The van der Waals surface area contributed by atoms with E-state index < -0.39 is 86.8 Å². The van der Waals surface area contributed by atoms with Crippen molar-refractivity contribution in [1.29, 1.82) is 0 Å². The average Bonchev–Trinajstić information content (AvgIpc) is 3.39. The highest BCUT2D eigenvalue weighted by molar-refractivity contribution is 5.76. The molecular weight excluding hydrogens is 931 g/mol. The quantitative estimate of drug-likeness (QED) is 0.0205. The molecule has 0 aromatic heterocycles. The Kier molecular flexibility index (Phi) is 40.6. The molecule has 0 radical (unpaired) electrons. The highest BCUT2D eigenvalue weighted by Crippen LogP contribution is 2.30.